The van der Waals surface area contributed by atoms with Crippen molar-refractivity contribution >= 4 is 28.5 Å². The van der Waals surface area contributed by atoms with Crippen molar-refractivity contribution in [3.8, 4) is 5.75 Å². The summed E-state index contributed by atoms with van der Waals surface area (Å²) < 4.78 is 6.44. The molecule has 10 nitrogen and oxygen atoms in total. The molecule has 2 aromatic carbocycles. The summed E-state index contributed by atoms with van der Waals surface area (Å²) in [6.45, 7) is 7.10. The van der Waals surface area contributed by atoms with Crippen LogP contribution in [0.25, 0.3) is 10.8 Å². The Labute approximate surface area is 202 Å². The molecule has 0 aliphatic rings. The molecule has 0 radical (unpaired) electrons. The first-order valence-electron chi connectivity index (χ1n) is 11.2. The lowest BCUT2D eigenvalue weighted by Crippen LogP contribution is -2.54. The number of hydrazine groups is 1. The monoisotopic (exact) mass is 479 g/mol. The van der Waals surface area contributed by atoms with Crippen LogP contribution in [0.15, 0.2) is 53.3 Å². The van der Waals surface area contributed by atoms with Crippen molar-refractivity contribution in [2.45, 2.75) is 39.8 Å². The number of methoxy groups -OCH3 is 1. The van der Waals surface area contributed by atoms with Gasteiger partial charge < -0.3 is 10.1 Å². The number of ether oxygens (including phenoxy) is 1. The molecule has 3 N–H and O–H groups in total. The lowest BCUT2D eigenvalue weighted by molar-refractivity contribution is -0.124. The molecule has 0 saturated heterocycles. The molecule has 1 heterocycles. The van der Waals surface area contributed by atoms with Crippen LogP contribution in [0.4, 0.5) is 0 Å². The van der Waals surface area contributed by atoms with Gasteiger partial charge in [0.1, 0.15) is 11.8 Å². The molecule has 0 saturated carbocycles. The number of carbonyl (C=O) groups excluding carboxylic acids is 3. The predicted octanol–water partition coefficient (Wildman–Crippen LogP) is 2.20. The number of nitrogens with zero attached hydrogens (tertiary/aromatic N) is 2. The highest BCUT2D eigenvalue weighted by atomic mass is 16.5. The number of hydrogen-bond acceptors (Lipinski definition) is 6. The van der Waals surface area contributed by atoms with E-state index in [-0.39, 0.29) is 28.8 Å². The van der Waals surface area contributed by atoms with E-state index in [9.17, 15) is 19.2 Å². The van der Waals surface area contributed by atoms with Gasteiger partial charge in [-0.3, -0.25) is 30.0 Å². The maximum absolute atomic E-state index is 13.0. The SMILES string of the molecule is COc1ccccc1C(=O)N[C@H](C(=O)NNC(=O)c1nn(C(C)C)c(=O)c2ccccc12)C(C)C. The number of para-hydroxylation sites is 1. The molecule has 184 valence electrons. The Morgan fingerprint density at radius 2 is 1.51 bits per heavy atom. The molecular weight excluding hydrogens is 450 g/mol. The topological polar surface area (TPSA) is 131 Å². The van der Waals surface area contributed by atoms with E-state index >= 15 is 0 Å². The number of aromatic nitrogens is 2. The average molecular weight is 480 g/mol. The van der Waals surface area contributed by atoms with E-state index < -0.39 is 23.8 Å². The quantitative estimate of drug-likeness (QED) is 0.445. The highest BCUT2D eigenvalue weighted by molar-refractivity contribution is 6.05. The number of amides is 3. The first-order valence-corrected chi connectivity index (χ1v) is 11.2. The maximum Gasteiger partial charge on any atom is 0.290 e. The van der Waals surface area contributed by atoms with Gasteiger partial charge in [-0.05, 0) is 38.0 Å². The van der Waals surface area contributed by atoms with Crippen LogP contribution >= 0.6 is 0 Å². The summed E-state index contributed by atoms with van der Waals surface area (Å²) in [6.07, 6.45) is 0. The molecule has 10 heteroatoms. The van der Waals surface area contributed by atoms with Crippen molar-refractivity contribution in [3.05, 3.63) is 70.1 Å². The van der Waals surface area contributed by atoms with Crippen LogP contribution in [-0.2, 0) is 4.79 Å². The first-order chi connectivity index (χ1) is 16.6. The van der Waals surface area contributed by atoms with E-state index in [2.05, 4.69) is 21.3 Å². The lowest BCUT2D eigenvalue weighted by atomic mass is 10.0. The Balaban J connectivity index is 1.79. The molecule has 0 fully saturated rings. The van der Waals surface area contributed by atoms with Crippen LogP contribution in [-0.4, -0.2) is 40.7 Å². The zero-order valence-electron chi connectivity index (χ0n) is 20.3. The summed E-state index contributed by atoms with van der Waals surface area (Å²) >= 11 is 0. The van der Waals surface area contributed by atoms with Crippen molar-refractivity contribution in [1.82, 2.24) is 25.9 Å². The molecule has 1 atom stereocenters. The largest absolute Gasteiger partial charge is 0.496 e. The molecule has 0 unspecified atom stereocenters. The van der Waals surface area contributed by atoms with Gasteiger partial charge in [0.2, 0.25) is 0 Å². The van der Waals surface area contributed by atoms with Gasteiger partial charge in [-0.1, -0.05) is 44.2 Å². The van der Waals surface area contributed by atoms with Crippen LogP contribution in [0.2, 0.25) is 0 Å². The number of rotatable bonds is 7. The van der Waals surface area contributed by atoms with E-state index in [4.69, 9.17) is 4.74 Å². The second-order valence-corrected chi connectivity index (χ2v) is 8.58. The fourth-order valence-corrected chi connectivity index (χ4v) is 3.57. The minimum absolute atomic E-state index is 0.00615. The Morgan fingerprint density at radius 1 is 0.886 bits per heavy atom. The molecule has 0 aliphatic carbocycles. The van der Waals surface area contributed by atoms with Crippen LogP contribution < -0.4 is 26.5 Å². The van der Waals surface area contributed by atoms with E-state index in [1.807, 2.05) is 0 Å². The van der Waals surface area contributed by atoms with Crippen molar-refractivity contribution in [3.63, 3.8) is 0 Å². The zero-order valence-corrected chi connectivity index (χ0v) is 20.3. The third-order valence-electron chi connectivity index (χ3n) is 5.42. The Bertz CT molecular complexity index is 1320. The second kappa shape index (κ2) is 10.8. The summed E-state index contributed by atoms with van der Waals surface area (Å²) in [5, 5.41) is 7.62. The van der Waals surface area contributed by atoms with Gasteiger partial charge in [0, 0.05) is 5.39 Å². The van der Waals surface area contributed by atoms with Gasteiger partial charge >= 0.3 is 0 Å². The Hall–Kier alpha value is -4.21. The minimum Gasteiger partial charge on any atom is -0.496 e. The van der Waals surface area contributed by atoms with Crippen molar-refractivity contribution < 1.29 is 19.1 Å². The number of fused-ring (bicyclic) bond motifs is 1. The first kappa shape index (κ1) is 25.4. The van der Waals surface area contributed by atoms with Crippen molar-refractivity contribution in [1.29, 1.82) is 0 Å². The number of hydrogen-bond donors (Lipinski definition) is 3. The molecule has 3 aromatic rings. The zero-order chi connectivity index (χ0) is 25.7. The average Bonchev–Trinajstić information content (AvgIpc) is 2.85. The summed E-state index contributed by atoms with van der Waals surface area (Å²) in [5.74, 6) is -1.70. The van der Waals surface area contributed by atoms with Gasteiger partial charge in [-0.2, -0.15) is 5.10 Å². The van der Waals surface area contributed by atoms with Gasteiger partial charge in [0.15, 0.2) is 5.69 Å². The molecule has 0 spiro atoms. The second-order valence-electron chi connectivity index (χ2n) is 8.58. The standard InChI is InChI=1S/C25H29N5O5/c1-14(2)20(26-22(31)18-12-8-9-13-19(18)35-5)23(32)27-28-24(33)21-16-10-6-7-11-17(16)25(34)30(29-21)15(3)4/h6-15,20H,1-5H3,(H,26,31)(H,27,32)(H,28,33)/t20-/m0/s1. The lowest BCUT2D eigenvalue weighted by Gasteiger charge is -2.22. The molecule has 1 aromatic heterocycles. The minimum atomic E-state index is -0.943. The molecule has 3 rings (SSSR count). The molecule has 35 heavy (non-hydrogen) atoms. The Kier molecular flexibility index (Phi) is 7.85. The van der Waals surface area contributed by atoms with Crippen LogP contribution in [0, 0.1) is 5.92 Å². The van der Waals surface area contributed by atoms with Gasteiger partial charge in [-0.25, -0.2) is 4.68 Å². The molecule has 0 aliphatic heterocycles. The van der Waals surface area contributed by atoms with Gasteiger partial charge in [0.05, 0.1) is 24.1 Å². The van der Waals surface area contributed by atoms with E-state index in [1.54, 1.807) is 76.2 Å². The molecule has 0 bridgehead atoms. The van der Waals surface area contributed by atoms with Gasteiger partial charge in [0.25, 0.3) is 23.3 Å². The van der Waals surface area contributed by atoms with Crippen molar-refractivity contribution in [2.75, 3.05) is 7.11 Å². The van der Waals surface area contributed by atoms with E-state index in [0.29, 0.717) is 16.5 Å². The van der Waals surface area contributed by atoms with Crippen molar-refractivity contribution in [2.24, 2.45) is 5.92 Å². The van der Waals surface area contributed by atoms with E-state index in [0.717, 1.165) is 0 Å². The molecular formula is C25H29N5O5. The summed E-state index contributed by atoms with van der Waals surface area (Å²) in [7, 11) is 1.45. The van der Waals surface area contributed by atoms with E-state index in [1.165, 1.54) is 11.8 Å². The maximum atomic E-state index is 13.0. The summed E-state index contributed by atoms with van der Waals surface area (Å²) in [4.78, 5) is 51.3. The highest BCUT2D eigenvalue weighted by Crippen LogP contribution is 2.18. The fraction of sp³-hybridized carbons (Fsp3) is 0.320. The van der Waals surface area contributed by atoms with Crippen LogP contribution in [0.3, 0.4) is 0 Å². The third kappa shape index (κ3) is 5.48. The van der Waals surface area contributed by atoms with Gasteiger partial charge in [-0.15, -0.1) is 0 Å². The summed E-state index contributed by atoms with van der Waals surface area (Å²) in [6, 6.07) is 12.1. The predicted molar refractivity (Wildman–Crippen MR) is 131 cm³/mol. The van der Waals surface area contributed by atoms with Crippen LogP contribution in [0.5, 0.6) is 5.75 Å². The number of carbonyl (C=O) groups is 3. The number of benzene rings is 2. The third-order valence-corrected chi connectivity index (χ3v) is 5.42. The molecule has 3 amide bonds. The fourth-order valence-electron chi connectivity index (χ4n) is 3.57. The number of nitrogens with one attached hydrogen (secondary N) is 3. The smallest absolute Gasteiger partial charge is 0.290 e. The Morgan fingerprint density at radius 3 is 2.14 bits per heavy atom. The summed E-state index contributed by atoms with van der Waals surface area (Å²) in [5.41, 5.74) is 4.68. The van der Waals surface area contributed by atoms with Crippen LogP contribution in [0.1, 0.15) is 54.6 Å². The normalized spacial score (nSPS) is 11.9. The highest BCUT2D eigenvalue weighted by Gasteiger charge is 2.27.